The predicted octanol–water partition coefficient (Wildman–Crippen LogP) is 1.16. The summed E-state index contributed by atoms with van der Waals surface area (Å²) in [6, 6.07) is 7.75. The fraction of sp³-hybridized carbons (Fsp3) is 0.364. The van der Waals surface area contributed by atoms with Gasteiger partial charge in [0.05, 0.1) is 12.4 Å². The van der Waals surface area contributed by atoms with Crippen LogP contribution in [0.25, 0.3) is 0 Å². The average Bonchev–Trinajstić information content (AvgIpc) is 2.29. The van der Waals surface area contributed by atoms with E-state index in [0.29, 0.717) is 5.75 Å². The van der Waals surface area contributed by atoms with E-state index in [1.807, 2.05) is 24.3 Å². The topological polar surface area (TPSA) is 49.3 Å². The van der Waals surface area contributed by atoms with Crippen molar-refractivity contribution in [1.29, 1.82) is 0 Å². The molecule has 0 aliphatic rings. The molecule has 15 heavy (non-hydrogen) atoms. The SMILES string of the molecule is CNC(=O)CSCc1ccc(CO)cc1. The molecule has 0 aliphatic carbocycles. The van der Waals surface area contributed by atoms with Crippen LogP contribution in [-0.4, -0.2) is 23.8 Å². The van der Waals surface area contributed by atoms with Crippen molar-refractivity contribution in [3.8, 4) is 0 Å². The number of aliphatic hydroxyl groups excluding tert-OH is 1. The van der Waals surface area contributed by atoms with Gasteiger partial charge in [0.15, 0.2) is 0 Å². The van der Waals surface area contributed by atoms with Gasteiger partial charge in [-0.3, -0.25) is 4.79 Å². The van der Waals surface area contributed by atoms with Gasteiger partial charge in [0.1, 0.15) is 0 Å². The molecule has 2 N–H and O–H groups in total. The summed E-state index contributed by atoms with van der Waals surface area (Å²) in [6.07, 6.45) is 0. The van der Waals surface area contributed by atoms with Gasteiger partial charge in [0.2, 0.25) is 5.91 Å². The smallest absolute Gasteiger partial charge is 0.229 e. The summed E-state index contributed by atoms with van der Waals surface area (Å²) in [6.45, 7) is 0.0751. The number of nitrogens with one attached hydrogen (secondary N) is 1. The minimum Gasteiger partial charge on any atom is -0.392 e. The molecule has 0 bridgehead atoms. The van der Waals surface area contributed by atoms with Crippen molar-refractivity contribution in [3.05, 3.63) is 35.4 Å². The Labute approximate surface area is 93.9 Å². The van der Waals surface area contributed by atoms with Crippen LogP contribution < -0.4 is 5.32 Å². The van der Waals surface area contributed by atoms with Crippen molar-refractivity contribution in [2.24, 2.45) is 0 Å². The van der Waals surface area contributed by atoms with E-state index in [4.69, 9.17) is 5.11 Å². The molecule has 82 valence electrons. The number of benzene rings is 1. The van der Waals surface area contributed by atoms with Gasteiger partial charge in [-0.2, -0.15) is 0 Å². The van der Waals surface area contributed by atoms with Gasteiger partial charge in [-0.15, -0.1) is 11.8 Å². The molecule has 0 saturated carbocycles. The molecule has 3 nitrogen and oxygen atoms in total. The second-order valence-corrected chi connectivity index (χ2v) is 4.13. The molecule has 1 aromatic rings. The first kappa shape index (κ1) is 12.1. The summed E-state index contributed by atoms with van der Waals surface area (Å²) >= 11 is 1.58. The predicted molar refractivity (Wildman–Crippen MR) is 62.6 cm³/mol. The third kappa shape index (κ3) is 4.36. The van der Waals surface area contributed by atoms with Gasteiger partial charge >= 0.3 is 0 Å². The van der Waals surface area contributed by atoms with E-state index in [0.717, 1.165) is 11.3 Å². The first-order valence-corrected chi connectivity index (χ1v) is 5.88. The van der Waals surface area contributed by atoms with Gasteiger partial charge in [-0.25, -0.2) is 0 Å². The molecule has 0 aliphatic heterocycles. The molecule has 1 rings (SSSR count). The van der Waals surface area contributed by atoms with E-state index in [1.165, 1.54) is 5.56 Å². The Bertz CT molecular complexity index is 311. The average molecular weight is 225 g/mol. The largest absolute Gasteiger partial charge is 0.392 e. The summed E-state index contributed by atoms with van der Waals surface area (Å²) in [5.74, 6) is 1.35. The monoisotopic (exact) mass is 225 g/mol. The molecular formula is C11H15NO2S. The van der Waals surface area contributed by atoms with Crippen molar-refractivity contribution in [2.75, 3.05) is 12.8 Å². The third-order valence-corrected chi connectivity index (χ3v) is 2.99. The van der Waals surface area contributed by atoms with Crippen LogP contribution in [-0.2, 0) is 17.2 Å². The number of thioether (sulfide) groups is 1. The normalized spacial score (nSPS) is 10.0. The fourth-order valence-electron chi connectivity index (χ4n) is 1.07. The highest BCUT2D eigenvalue weighted by Gasteiger charge is 1.99. The highest BCUT2D eigenvalue weighted by atomic mass is 32.2. The minimum atomic E-state index is 0.0481. The molecule has 1 aromatic carbocycles. The lowest BCUT2D eigenvalue weighted by atomic mass is 10.2. The Morgan fingerprint density at radius 3 is 2.47 bits per heavy atom. The molecule has 0 atom stereocenters. The zero-order valence-electron chi connectivity index (χ0n) is 8.69. The summed E-state index contributed by atoms with van der Waals surface area (Å²) in [4.78, 5) is 10.9. The molecule has 0 fully saturated rings. The Kier molecular flexibility index (Phi) is 5.21. The molecule has 0 heterocycles. The Morgan fingerprint density at radius 2 is 1.93 bits per heavy atom. The minimum absolute atomic E-state index is 0.0481. The Hall–Kier alpha value is -1.00. The second kappa shape index (κ2) is 6.48. The van der Waals surface area contributed by atoms with Gasteiger partial charge in [-0.1, -0.05) is 24.3 Å². The first-order chi connectivity index (χ1) is 7.26. The maximum Gasteiger partial charge on any atom is 0.229 e. The number of carbonyl (C=O) groups is 1. The summed E-state index contributed by atoms with van der Waals surface area (Å²) in [5, 5.41) is 11.4. The second-order valence-electron chi connectivity index (χ2n) is 3.14. The highest BCUT2D eigenvalue weighted by molar-refractivity contribution is 7.99. The summed E-state index contributed by atoms with van der Waals surface area (Å²) in [7, 11) is 1.64. The molecule has 0 aromatic heterocycles. The van der Waals surface area contributed by atoms with Crippen molar-refractivity contribution < 1.29 is 9.90 Å². The lowest BCUT2D eigenvalue weighted by Gasteiger charge is -2.02. The van der Waals surface area contributed by atoms with E-state index in [9.17, 15) is 4.79 Å². The number of rotatable bonds is 5. The molecule has 0 saturated heterocycles. The van der Waals surface area contributed by atoms with Crippen molar-refractivity contribution in [1.82, 2.24) is 5.32 Å². The van der Waals surface area contributed by atoms with E-state index in [-0.39, 0.29) is 12.5 Å². The zero-order chi connectivity index (χ0) is 11.1. The van der Waals surface area contributed by atoms with Crippen LogP contribution in [0.4, 0.5) is 0 Å². The number of amides is 1. The molecule has 1 amide bonds. The van der Waals surface area contributed by atoms with Gasteiger partial charge in [0, 0.05) is 12.8 Å². The molecule has 0 unspecified atom stereocenters. The molecule has 0 radical (unpaired) electrons. The van der Waals surface area contributed by atoms with Crippen LogP contribution in [0.15, 0.2) is 24.3 Å². The van der Waals surface area contributed by atoms with Crippen LogP contribution in [0.2, 0.25) is 0 Å². The summed E-state index contributed by atoms with van der Waals surface area (Å²) in [5.41, 5.74) is 2.08. The van der Waals surface area contributed by atoms with Gasteiger partial charge < -0.3 is 10.4 Å². The maximum atomic E-state index is 10.9. The van der Waals surface area contributed by atoms with Crippen LogP contribution in [0.3, 0.4) is 0 Å². The Morgan fingerprint density at radius 1 is 1.33 bits per heavy atom. The van der Waals surface area contributed by atoms with Crippen molar-refractivity contribution in [3.63, 3.8) is 0 Å². The van der Waals surface area contributed by atoms with E-state index < -0.39 is 0 Å². The zero-order valence-corrected chi connectivity index (χ0v) is 9.51. The lowest BCUT2D eigenvalue weighted by Crippen LogP contribution is -2.19. The van der Waals surface area contributed by atoms with E-state index in [1.54, 1.807) is 18.8 Å². The van der Waals surface area contributed by atoms with Gasteiger partial charge in [0.25, 0.3) is 0 Å². The highest BCUT2D eigenvalue weighted by Crippen LogP contribution is 2.12. The number of aliphatic hydroxyl groups is 1. The molecular weight excluding hydrogens is 210 g/mol. The standard InChI is InChI=1S/C11H15NO2S/c1-12-11(14)8-15-7-10-4-2-9(6-13)3-5-10/h2-5,13H,6-8H2,1H3,(H,12,14). The van der Waals surface area contributed by atoms with Gasteiger partial charge in [-0.05, 0) is 11.1 Å². The quantitative estimate of drug-likeness (QED) is 0.790. The number of hydrogen-bond donors (Lipinski definition) is 2. The van der Waals surface area contributed by atoms with Crippen LogP contribution in [0, 0.1) is 0 Å². The van der Waals surface area contributed by atoms with Crippen molar-refractivity contribution >= 4 is 17.7 Å². The number of hydrogen-bond acceptors (Lipinski definition) is 3. The van der Waals surface area contributed by atoms with E-state index >= 15 is 0 Å². The van der Waals surface area contributed by atoms with Crippen LogP contribution >= 0.6 is 11.8 Å². The first-order valence-electron chi connectivity index (χ1n) is 4.73. The fourth-order valence-corrected chi connectivity index (χ4v) is 1.93. The maximum absolute atomic E-state index is 10.9. The summed E-state index contributed by atoms with van der Waals surface area (Å²) < 4.78 is 0. The van der Waals surface area contributed by atoms with Crippen LogP contribution in [0.1, 0.15) is 11.1 Å². The lowest BCUT2D eigenvalue weighted by molar-refractivity contribution is -0.118. The number of carbonyl (C=O) groups excluding carboxylic acids is 1. The van der Waals surface area contributed by atoms with Crippen LogP contribution in [0.5, 0.6) is 0 Å². The third-order valence-electron chi connectivity index (χ3n) is 1.99. The Balaban J connectivity index is 2.34. The van der Waals surface area contributed by atoms with Crippen molar-refractivity contribution in [2.45, 2.75) is 12.4 Å². The molecule has 0 spiro atoms. The molecule has 4 heteroatoms. The van der Waals surface area contributed by atoms with E-state index in [2.05, 4.69) is 5.32 Å².